The molecule has 0 spiro atoms. The van der Waals surface area contributed by atoms with E-state index in [1.54, 1.807) is 13.0 Å². The Morgan fingerprint density at radius 3 is 2.65 bits per heavy atom. The minimum atomic E-state index is -0.362. The van der Waals surface area contributed by atoms with Gasteiger partial charge in [0.25, 0.3) is 0 Å². The number of hydrogen-bond donors (Lipinski definition) is 4. The van der Waals surface area contributed by atoms with E-state index in [1.807, 2.05) is 36.2 Å². The Kier molecular flexibility index (Phi) is 9.05. The van der Waals surface area contributed by atoms with Crippen LogP contribution in [-0.4, -0.2) is 59.0 Å². The SMILES string of the molecule is CC(=N)c1c(N)nc(-c2ccc(NSc3cc(Cl)ccc3F)cc2)nc1OCCN(C)CCO. The van der Waals surface area contributed by atoms with Gasteiger partial charge in [0.05, 0.1) is 17.1 Å². The van der Waals surface area contributed by atoms with Crippen LogP contribution in [0.4, 0.5) is 15.9 Å². The highest BCUT2D eigenvalue weighted by Crippen LogP contribution is 2.29. The molecule has 1 heterocycles. The summed E-state index contributed by atoms with van der Waals surface area (Å²) in [5, 5.41) is 17.5. The second-order valence-corrected chi connectivity index (χ2v) is 8.75. The van der Waals surface area contributed by atoms with Crippen molar-refractivity contribution in [1.29, 1.82) is 5.41 Å². The third kappa shape index (κ3) is 6.80. The lowest BCUT2D eigenvalue weighted by molar-refractivity contribution is 0.190. The number of rotatable bonds is 11. The highest BCUT2D eigenvalue weighted by Gasteiger charge is 2.17. The number of nitrogens with zero attached hydrogens (tertiary/aromatic N) is 3. The first-order valence-corrected chi connectivity index (χ1v) is 11.6. The molecule has 2 aromatic carbocycles. The standard InChI is InChI=1S/C23H26ClFN6O2S/c1-14(26)20-21(27)28-22(29-23(20)33-12-10-31(2)9-11-32)15-3-6-17(7-4-15)30-34-19-13-16(24)5-8-18(19)25/h3-8,13,26,30,32H,9-12H2,1-2H3,(H2,27,28,29). The molecule has 0 saturated heterocycles. The first kappa shape index (κ1) is 25.7. The summed E-state index contributed by atoms with van der Waals surface area (Å²) in [6.07, 6.45) is 0. The highest BCUT2D eigenvalue weighted by molar-refractivity contribution is 8.00. The average Bonchev–Trinajstić information content (AvgIpc) is 2.79. The maximum absolute atomic E-state index is 13.9. The van der Waals surface area contributed by atoms with E-state index in [4.69, 9.17) is 32.6 Å². The fourth-order valence-electron chi connectivity index (χ4n) is 2.98. The predicted octanol–water partition coefficient (Wildman–Crippen LogP) is 4.33. The maximum Gasteiger partial charge on any atom is 0.228 e. The Hall–Kier alpha value is -2.92. The second kappa shape index (κ2) is 12.0. The molecule has 0 radical (unpaired) electrons. The van der Waals surface area contributed by atoms with Crippen molar-refractivity contribution >= 4 is 40.8 Å². The third-order valence-corrected chi connectivity index (χ3v) is 5.89. The Morgan fingerprint density at radius 2 is 1.97 bits per heavy atom. The molecule has 0 aliphatic carbocycles. The van der Waals surface area contributed by atoms with Crippen LogP contribution < -0.4 is 15.2 Å². The summed E-state index contributed by atoms with van der Waals surface area (Å²) in [4.78, 5) is 11.2. The molecule has 11 heteroatoms. The number of aliphatic hydroxyl groups excluding tert-OH is 1. The van der Waals surface area contributed by atoms with Crippen LogP contribution in [0.2, 0.25) is 5.02 Å². The van der Waals surface area contributed by atoms with Crippen molar-refractivity contribution < 1.29 is 14.2 Å². The molecule has 0 unspecified atom stereocenters. The van der Waals surface area contributed by atoms with Gasteiger partial charge in [-0.15, -0.1) is 0 Å². The van der Waals surface area contributed by atoms with Crippen molar-refractivity contribution in [3.05, 3.63) is 58.9 Å². The number of nitrogens with one attached hydrogen (secondary N) is 2. The number of benzene rings is 2. The van der Waals surface area contributed by atoms with Gasteiger partial charge in [-0.3, -0.25) is 0 Å². The molecule has 0 bridgehead atoms. The summed E-state index contributed by atoms with van der Waals surface area (Å²) in [5.74, 6) is 0.396. The van der Waals surface area contributed by atoms with Crippen LogP contribution >= 0.6 is 23.5 Å². The number of nitrogen functional groups attached to an aromatic ring is 1. The zero-order valence-corrected chi connectivity index (χ0v) is 20.4. The molecular formula is C23H26ClFN6O2S. The van der Waals surface area contributed by atoms with E-state index < -0.39 is 0 Å². The van der Waals surface area contributed by atoms with Gasteiger partial charge < -0.3 is 30.6 Å². The van der Waals surface area contributed by atoms with Crippen molar-refractivity contribution in [2.45, 2.75) is 11.8 Å². The molecule has 0 aliphatic heterocycles. The van der Waals surface area contributed by atoms with Crippen molar-refractivity contribution in [2.24, 2.45) is 0 Å². The van der Waals surface area contributed by atoms with Gasteiger partial charge in [0.15, 0.2) is 5.82 Å². The summed E-state index contributed by atoms with van der Waals surface area (Å²) < 4.78 is 22.8. The van der Waals surface area contributed by atoms with Crippen LogP contribution in [0.15, 0.2) is 47.4 Å². The Labute approximate surface area is 207 Å². The van der Waals surface area contributed by atoms with Gasteiger partial charge >= 0.3 is 0 Å². The van der Waals surface area contributed by atoms with Gasteiger partial charge in [-0.25, -0.2) is 9.37 Å². The number of aliphatic hydroxyl groups is 1. The molecule has 8 nitrogen and oxygen atoms in total. The Morgan fingerprint density at radius 1 is 1.24 bits per heavy atom. The van der Waals surface area contributed by atoms with Gasteiger partial charge in [-0.05, 0) is 68.4 Å². The third-order valence-electron chi connectivity index (χ3n) is 4.79. The molecule has 0 atom stereocenters. The van der Waals surface area contributed by atoms with Crippen LogP contribution in [0.25, 0.3) is 11.4 Å². The normalized spacial score (nSPS) is 11.0. The second-order valence-electron chi connectivity index (χ2n) is 7.47. The number of hydrogen-bond acceptors (Lipinski definition) is 9. The Bertz CT molecular complexity index is 1150. The number of likely N-dealkylation sites (N-methyl/N-ethyl adjacent to an activating group) is 1. The van der Waals surface area contributed by atoms with Crippen molar-refractivity contribution in [2.75, 3.05) is 43.8 Å². The van der Waals surface area contributed by atoms with Crippen LogP contribution in [0, 0.1) is 11.2 Å². The summed E-state index contributed by atoms with van der Waals surface area (Å²) in [6.45, 7) is 3.07. The lowest BCUT2D eigenvalue weighted by Crippen LogP contribution is -2.27. The first-order valence-electron chi connectivity index (χ1n) is 10.4. The summed E-state index contributed by atoms with van der Waals surface area (Å²) in [7, 11) is 1.87. The van der Waals surface area contributed by atoms with Gasteiger partial charge in [0, 0.05) is 35.1 Å². The Balaban J connectivity index is 1.75. The van der Waals surface area contributed by atoms with Crippen LogP contribution in [0.5, 0.6) is 5.88 Å². The smallest absolute Gasteiger partial charge is 0.228 e. The highest BCUT2D eigenvalue weighted by atomic mass is 35.5. The quantitative estimate of drug-likeness (QED) is 0.225. The maximum atomic E-state index is 13.9. The zero-order chi connectivity index (χ0) is 24.7. The van der Waals surface area contributed by atoms with Crippen molar-refractivity contribution in [1.82, 2.24) is 14.9 Å². The van der Waals surface area contributed by atoms with E-state index in [0.717, 1.165) is 17.6 Å². The number of halogens is 2. The lowest BCUT2D eigenvalue weighted by atomic mass is 10.1. The fourth-order valence-corrected chi connectivity index (χ4v) is 3.93. The summed E-state index contributed by atoms with van der Waals surface area (Å²) in [5.41, 5.74) is 8.13. The molecule has 1 aromatic heterocycles. The van der Waals surface area contributed by atoms with E-state index in [1.165, 1.54) is 12.1 Å². The number of ether oxygens (including phenoxy) is 1. The molecule has 34 heavy (non-hydrogen) atoms. The van der Waals surface area contributed by atoms with Crippen LogP contribution in [-0.2, 0) is 0 Å². The molecule has 180 valence electrons. The predicted molar refractivity (Wildman–Crippen MR) is 135 cm³/mol. The largest absolute Gasteiger partial charge is 0.476 e. The molecule has 0 fully saturated rings. The van der Waals surface area contributed by atoms with E-state index in [-0.39, 0.29) is 29.8 Å². The molecule has 0 amide bonds. The topological polar surface area (TPSA) is 120 Å². The summed E-state index contributed by atoms with van der Waals surface area (Å²) in [6, 6.07) is 11.6. The molecule has 3 rings (SSSR count). The number of nitrogens with two attached hydrogens (primary N) is 1. The van der Waals surface area contributed by atoms with Gasteiger partial charge in [0.2, 0.25) is 5.88 Å². The molecule has 0 saturated carbocycles. The monoisotopic (exact) mass is 504 g/mol. The van der Waals surface area contributed by atoms with Crippen LogP contribution in [0.1, 0.15) is 12.5 Å². The minimum absolute atomic E-state index is 0.0589. The van der Waals surface area contributed by atoms with Gasteiger partial charge in [0.1, 0.15) is 18.2 Å². The van der Waals surface area contributed by atoms with E-state index >= 15 is 0 Å². The molecule has 3 aromatic rings. The molecular weight excluding hydrogens is 479 g/mol. The van der Waals surface area contributed by atoms with Gasteiger partial charge in [-0.1, -0.05) is 11.6 Å². The van der Waals surface area contributed by atoms with E-state index in [2.05, 4.69) is 14.7 Å². The fraction of sp³-hybridized carbons (Fsp3) is 0.261. The van der Waals surface area contributed by atoms with E-state index in [9.17, 15) is 4.39 Å². The van der Waals surface area contributed by atoms with Crippen LogP contribution in [0.3, 0.4) is 0 Å². The number of anilines is 2. The number of aromatic nitrogens is 2. The first-order chi connectivity index (χ1) is 16.3. The average molecular weight is 505 g/mol. The molecule has 0 aliphatic rings. The van der Waals surface area contributed by atoms with E-state index in [0.29, 0.717) is 46.6 Å². The van der Waals surface area contributed by atoms with Crippen molar-refractivity contribution in [3.8, 4) is 17.3 Å². The lowest BCUT2D eigenvalue weighted by Gasteiger charge is -2.17. The van der Waals surface area contributed by atoms with Gasteiger partial charge in [-0.2, -0.15) is 4.98 Å². The summed E-state index contributed by atoms with van der Waals surface area (Å²) >= 11 is 7.05. The minimum Gasteiger partial charge on any atom is -0.476 e. The molecule has 5 N–H and O–H groups in total. The zero-order valence-electron chi connectivity index (χ0n) is 18.8. The van der Waals surface area contributed by atoms with Crippen molar-refractivity contribution in [3.63, 3.8) is 0 Å².